The molecule has 0 aliphatic carbocycles. The Morgan fingerprint density at radius 1 is 1.36 bits per heavy atom. The van der Waals surface area contributed by atoms with Gasteiger partial charge in [-0.05, 0) is 37.8 Å². The van der Waals surface area contributed by atoms with E-state index in [4.69, 9.17) is 5.11 Å². The molecule has 1 amide bonds. The van der Waals surface area contributed by atoms with Crippen molar-refractivity contribution in [3.63, 3.8) is 0 Å². The maximum absolute atomic E-state index is 12.7. The highest BCUT2D eigenvalue weighted by molar-refractivity contribution is 8.00. The summed E-state index contributed by atoms with van der Waals surface area (Å²) in [5.74, 6) is -0.400. The van der Waals surface area contributed by atoms with E-state index in [0.29, 0.717) is 11.5 Å². The van der Waals surface area contributed by atoms with Gasteiger partial charge in [0.15, 0.2) is 0 Å². The summed E-state index contributed by atoms with van der Waals surface area (Å²) in [4.78, 5) is 26.3. The second-order valence-corrected chi connectivity index (χ2v) is 6.84. The molecule has 0 radical (unpaired) electrons. The number of piperidine rings is 1. The largest absolute Gasteiger partial charge is 0.480 e. The number of benzene rings is 1. The van der Waals surface area contributed by atoms with Gasteiger partial charge in [0.2, 0.25) is 0 Å². The Kier molecular flexibility index (Phi) is 5.66. The van der Waals surface area contributed by atoms with E-state index >= 15 is 0 Å². The van der Waals surface area contributed by atoms with Crippen LogP contribution in [0.5, 0.6) is 0 Å². The summed E-state index contributed by atoms with van der Waals surface area (Å²) in [6, 6.07) is 7.24. The number of carboxylic acid groups (broad SMARTS) is 1. The van der Waals surface area contributed by atoms with Gasteiger partial charge in [0.25, 0.3) is 5.91 Å². The molecule has 1 N–H and O–H groups in total. The summed E-state index contributed by atoms with van der Waals surface area (Å²) in [5, 5.41) is 8.47. The van der Waals surface area contributed by atoms with Gasteiger partial charge in [-0.25, -0.2) is 0 Å². The second-order valence-electron chi connectivity index (χ2n) is 5.46. The van der Waals surface area contributed by atoms with E-state index in [9.17, 15) is 9.59 Å². The zero-order valence-electron chi connectivity index (χ0n) is 12.7. The summed E-state index contributed by atoms with van der Waals surface area (Å²) < 4.78 is 0. The molecule has 2 rings (SSSR count). The minimum atomic E-state index is -0.876. The summed E-state index contributed by atoms with van der Waals surface area (Å²) >= 11 is 1.21. The molecule has 0 bridgehead atoms. The van der Waals surface area contributed by atoms with Gasteiger partial charge in [-0.3, -0.25) is 9.59 Å². The van der Waals surface area contributed by atoms with E-state index in [1.54, 1.807) is 13.0 Å². The molecule has 0 aromatic heterocycles. The van der Waals surface area contributed by atoms with Gasteiger partial charge < -0.3 is 10.0 Å². The van der Waals surface area contributed by atoms with Crippen LogP contribution >= 0.6 is 11.8 Å². The average molecular weight is 319 g/mol. The number of amides is 1. The molecule has 5 heteroatoms. The normalized spacial score (nSPS) is 17.0. The van der Waals surface area contributed by atoms with Crippen molar-refractivity contribution in [2.45, 2.75) is 29.9 Å². The fourth-order valence-electron chi connectivity index (χ4n) is 2.50. The second kappa shape index (κ2) is 7.49. The Balaban J connectivity index is 2.13. The lowest BCUT2D eigenvalue weighted by Gasteiger charge is -2.31. The number of allylic oxidation sites excluding steroid dienone is 1. The molecule has 1 aromatic rings. The molecular weight excluding hydrogens is 298 g/mol. The first-order chi connectivity index (χ1) is 10.5. The summed E-state index contributed by atoms with van der Waals surface area (Å²) in [7, 11) is 0. The summed E-state index contributed by atoms with van der Waals surface area (Å²) in [5.41, 5.74) is 0.595. The van der Waals surface area contributed by atoms with Crippen LogP contribution < -0.4 is 0 Å². The van der Waals surface area contributed by atoms with Crippen LogP contribution in [0.4, 0.5) is 0 Å². The number of nitrogens with zero attached hydrogens (tertiary/aromatic N) is 1. The zero-order valence-corrected chi connectivity index (χ0v) is 13.5. The number of carboxylic acids is 1. The lowest BCUT2D eigenvalue weighted by atomic mass is 9.96. The van der Waals surface area contributed by atoms with Gasteiger partial charge >= 0.3 is 5.97 Å². The predicted molar refractivity (Wildman–Crippen MR) is 88.2 cm³/mol. The van der Waals surface area contributed by atoms with E-state index in [2.05, 4.69) is 6.58 Å². The Hall–Kier alpha value is -1.75. The number of rotatable bonds is 5. The minimum absolute atomic E-state index is 0.0109. The lowest BCUT2D eigenvalue weighted by Crippen LogP contribution is -2.38. The van der Waals surface area contributed by atoms with E-state index in [0.717, 1.165) is 30.8 Å². The van der Waals surface area contributed by atoms with Crippen LogP contribution in [0, 0.1) is 5.92 Å². The molecule has 1 unspecified atom stereocenters. The average Bonchev–Trinajstić information content (AvgIpc) is 2.54. The Morgan fingerprint density at radius 3 is 2.59 bits per heavy atom. The molecule has 4 nitrogen and oxygen atoms in total. The number of thioether (sulfide) groups is 1. The van der Waals surface area contributed by atoms with Crippen molar-refractivity contribution < 1.29 is 14.7 Å². The smallest absolute Gasteiger partial charge is 0.316 e. The molecule has 1 aliphatic rings. The van der Waals surface area contributed by atoms with Crippen molar-refractivity contribution in [1.29, 1.82) is 0 Å². The minimum Gasteiger partial charge on any atom is -0.480 e. The van der Waals surface area contributed by atoms with Crippen LogP contribution in [0.25, 0.3) is 0 Å². The monoisotopic (exact) mass is 319 g/mol. The number of hydrogen-bond acceptors (Lipinski definition) is 3. The van der Waals surface area contributed by atoms with Crippen LogP contribution in [0.3, 0.4) is 0 Å². The predicted octanol–water partition coefficient (Wildman–Crippen LogP) is 3.29. The quantitative estimate of drug-likeness (QED) is 0.668. The molecule has 118 valence electrons. The first-order valence-electron chi connectivity index (χ1n) is 7.43. The van der Waals surface area contributed by atoms with Gasteiger partial charge in [-0.1, -0.05) is 18.2 Å². The van der Waals surface area contributed by atoms with Crippen molar-refractivity contribution >= 4 is 23.6 Å². The van der Waals surface area contributed by atoms with E-state index < -0.39 is 11.2 Å². The maximum Gasteiger partial charge on any atom is 0.316 e. The number of hydrogen-bond donors (Lipinski definition) is 1. The topological polar surface area (TPSA) is 57.6 Å². The first-order valence-corrected chi connectivity index (χ1v) is 8.31. The molecule has 1 heterocycles. The summed E-state index contributed by atoms with van der Waals surface area (Å²) in [6.07, 6.45) is 3.84. The first kappa shape index (κ1) is 16.6. The SMILES string of the molecule is C=CC1CCN(C(=O)c2ccccc2SC(C)C(=O)O)CC1. The zero-order chi connectivity index (χ0) is 16.1. The summed E-state index contributed by atoms with van der Waals surface area (Å²) in [6.45, 7) is 6.89. The van der Waals surface area contributed by atoms with Crippen molar-refractivity contribution in [2.75, 3.05) is 13.1 Å². The van der Waals surface area contributed by atoms with E-state index in [1.807, 2.05) is 29.2 Å². The molecule has 1 aliphatic heterocycles. The third-order valence-electron chi connectivity index (χ3n) is 3.93. The molecule has 0 saturated carbocycles. The molecule has 1 fully saturated rings. The van der Waals surface area contributed by atoms with Gasteiger partial charge in [0, 0.05) is 18.0 Å². The lowest BCUT2D eigenvalue weighted by molar-refractivity contribution is -0.136. The van der Waals surface area contributed by atoms with Gasteiger partial charge in [0.05, 0.1) is 5.56 Å². The Bertz CT molecular complexity index is 565. The van der Waals surface area contributed by atoms with Crippen molar-refractivity contribution in [3.05, 3.63) is 42.5 Å². The number of carbonyl (C=O) groups is 2. The molecule has 0 spiro atoms. The van der Waals surface area contributed by atoms with Crippen molar-refractivity contribution in [2.24, 2.45) is 5.92 Å². The maximum atomic E-state index is 12.7. The standard InChI is InChI=1S/C17H21NO3S/c1-3-13-8-10-18(11-9-13)16(19)14-6-4-5-7-15(14)22-12(2)17(20)21/h3-7,12-13H,1,8-11H2,2H3,(H,20,21). The van der Waals surface area contributed by atoms with Crippen molar-refractivity contribution in [1.82, 2.24) is 4.90 Å². The highest BCUT2D eigenvalue weighted by Gasteiger charge is 2.25. The van der Waals surface area contributed by atoms with Gasteiger partial charge in [-0.15, -0.1) is 18.3 Å². The third-order valence-corrected chi connectivity index (χ3v) is 5.09. The van der Waals surface area contributed by atoms with Crippen LogP contribution in [0.2, 0.25) is 0 Å². The van der Waals surface area contributed by atoms with E-state index in [1.165, 1.54) is 11.8 Å². The fraction of sp³-hybridized carbons (Fsp3) is 0.412. The molecule has 1 aromatic carbocycles. The molecular formula is C17H21NO3S. The number of carbonyl (C=O) groups excluding carboxylic acids is 1. The van der Waals surface area contributed by atoms with Gasteiger partial charge in [0.1, 0.15) is 5.25 Å². The fourth-order valence-corrected chi connectivity index (χ4v) is 3.42. The molecule has 1 atom stereocenters. The van der Waals surface area contributed by atoms with Crippen LogP contribution in [0.15, 0.2) is 41.8 Å². The molecule has 22 heavy (non-hydrogen) atoms. The highest BCUT2D eigenvalue weighted by Crippen LogP contribution is 2.29. The number of aliphatic carboxylic acids is 1. The Labute approximate surface area is 135 Å². The van der Waals surface area contributed by atoms with E-state index in [-0.39, 0.29) is 5.91 Å². The van der Waals surface area contributed by atoms with Crippen LogP contribution in [-0.4, -0.2) is 40.2 Å². The van der Waals surface area contributed by atoms with Crippen LogP contribution in [0.1, 0.15) is 30.1 Å². The van der Waals surface area contributed by atoms with Crippen LogP contribution in [-0.2, 0) is 4.79 Å². The highest BCUT2D eigenvalue weighted by atomic mass is 32.2. The number of likely N-dealkylation sites (tertiary alicyclic amines) is 1. The van der Waals surface area contributed by atoms with Crippen molar-refractivity contribution in [3.8, 4) is 0 Å². The van der Waals surface area contributed by atoms with Gasteiger partial charge in [-0.2, -0.15) is 0 Å². The molecule has 1 saturated heterocycles. The Morgan fingerprint density at radius 2 is 2.00 bits per heavy atom. The third kappa shape index (κ3) is 3.91.